The second-order valence-corrected chi connectivity index (χ2v) is 7.73. The van der Waals surface area contributed by atoms with E-state index in [1.165, 1.54) is 26.0 Å². The van der Waals surface area contributed by atoms with Crippen LogP contribution in [0.25, 0.3) is 0 Å². The van der Waals surface area contributed by atoms with Crippen molar-refractivity contribution < 1.29 is 19.1 Å². The Morgan fingerprint density at radius 3 is 2.56 bits per heavy atom. The summed E-state index contributed by atoms with van der Waals surface area (Å²) in [6, 6.07) is 12.7. The Bertz CT molecular complexity index is 920. The topological polar surface area (TPSA) is 69.6 Å². The number of anilines is 1. The summed E-state index contributed by atoms with van der Waals surface area (Å²) in [5, 5.41) is 13.2. The van der Waals surface area contributed by atoms with Gasteiger partial charge in [-0.05, 0) is 49.6 Å². The third-order valence-corrected chi connectivity index (χ3v) is 5.56. The van der Waals surface area contributed by atoms with E-state index >= 15 is 0 Å². The van der Waals surface area contributed by atoms with Gasteiger partial charge in [0.25, 0.3) is 5.91 Å². The maximum Gasteiger partial charge on any atom is 0.254 e. The highest BCUT2D eigenvalue weighted by Gasteiger charge is 2.60. The number of nitrogens with one attached hydrogen (secondary N) is 1. The van der Waals surface area contributed by atoms with E-state index in [1.54, 1.807) is 17.0 Å². The number of amides is 2. The van der Waals surface area contributed by atoms with Crippen molar-refractivity contribution in [3.63, 3.8) is 0 Å². The first-order chi connectivity index (χ1) is 12.7. The van der Waals surface area contributed by atoms with E-state index < -0.39 is 23.0 Å². The minimum atomic E-state index is -1.57. The largest absolute Gasteiger partial charge is 0.381 e. The summed E-state index contributed by atoms with van der Waals surface area (Å²) in [6.45, 7) is 3.20. The fourth-order valence-electron chi connectivity index (χ4n) is 4.37. The molecule has 2 aliphatic heterocycles. The number of fused-ring (bicyclic) bond motifs is 2. The number of halogens is 1. The maximum atomic E-state index is 13.5. The van der Waals surface area contributed by atoms with Crippen LogP contribution in [0.3, 0.4) is 0 Å². The molecule has 0 aromatic heterocycles. The number of aliphatic hydroxyl groups is 1. The fourth-order valence-corrected chi connectivity index (χ4v) is 4.37. The smallest absolute Gasteiger partial charge is 0.254 e. The van der Waals surface area contributed by atoms with Crippen LogP contribution >= 0.6 is 0 Å². The summed E-state index contributed by atoms with van der Waals surface area (Å²) in [5.74, 6) is -1.02. The van der Waals surface area contributed by atoms with E-state index in [2.05, 4.69) is 5.32 Å². The first kappa shape index (κ1) is 17.7. The fraction of sp³-hybridized carbons (Fsp3) is 0.333. The highest BCUT2D eigenvalue weighted by Crippen LogP contribution is 2.55. The number of benzene rings is 2. The Morgan fingerprint density at radius 2 is 1.89 bits per heavy atom. The van der Waals surface area contributed by atoms with Crippen LogP contribution in [0.15, 0.2) is 48.5 Å². The molecule has 6 heteroatoms. The average Bonchev–Trinajstić information content (AvgIpc) is 3.15. The molecule has 2 aliphatic rings. The van der Waals surface area contributed by atoms with Gasteiger partial charge in [-0.1, -0.05) is 30.3 Å². The monoisotopic (exact) mass is 368 g/mol. The van der Waals surface area contributed by atoms with Gasteiger partial charge < -0.3 is 15.3 Å². The van der Waals surface area contributed by atoms with Crippen molar-refractivity contribution in [2.45, 2.75) is 37.3 Å². The van der Waals surface area contributed by atoms with E-state index in [9.17, 15) is 19.1 Å². The van der Waals surface area contributed by atoms with Crippen LogP contribution in [0, 0.1) is 5.82 Å². The number of likely N-dealkylation sites (tertiary alicyclic amines) is 1. The quantitative estimate of drug-likeness (QED) is 0.856. The molecule has 2 aromatic carbocycles. The highest BCUT2D eigenvalue weighted by molar-refractivity contribution is 6.08. The lowest BCUT2D eigenvalue weighted by molar-refractivity contribution is -0.149. The maximum absolute atomic E-state index is 13.5. The molecular weight excluding hydrogens is 347 g/mol. The van der Waals surface area contributed by atoms with Crippen LogP contribution < -0.4 is 5.32 Å². The Balaban J connectivity index is 1.91. The number of carbonyl (C=O) groups excluding carboxylic acids is 2. The zero-order chi connectivity index (χ0) is 19.4. The van der Waals surface area contributed by atoms with Crippen molar-refractivity contribution in [1.29, 1.82) is 0 Å². The molecule has 27 heavy (non-hydrogen) atoms. The van der Waals surface area contributed by atoms with Gasteiger partial charge in [0.05, 0.1) is 6.04 Å². The van der Waals surface area contributed by atoms with E-state index in [0.717, 1.165) is 11.3 Å². The molecule has 2 heterocycles. The molecule has 2 N–H and O–H groups in total. The third kappa shape index (κ3) is 2.55. The summed E-state index contributed by atoms with van der Waals surface area (Å²) in [5.41, 5.74) is -0.311. The molecule has 5 nitrogen and oxygen atoms in total. The molecule has 2 amide bonds. The summed E-state index contributed by atoms with van der Waals surface area (Å²) in [7, 11) is 0. The summed E-state index contributed by atoms with van der Waals surface area (Å²) in [6.07, 6.45) is 0.430. The van der Waals surface area contributed by atoms with Crippen molar-refractivity contribution in [3.8, 4) is 0 Å². The second-order valence-electron chi connectivity index (χ2n) is 7.73. The molecule has 4 rings (SSSR count). The Labute approximate surface area is 156 Å². The number of rotatable bonds is 2. The highest BCUT2D eigenvalue weighted by atomic mass is 19.1. The summed E-state index contributed by atoms with van der Waals surface area (Å²) in [4.78, 5) is 27.6. The van der Waals surface area contributed by atoms with Crippen LogP contribution in [0.5, 0.6) is 0 Å². The molecular formula is C21H21FN2O3. The SMILES string of the molecule is CC(C)(O)C(=O)N1CC[C@]2(C(=O)Nc3ccccc32)[C@@H]1c1ccc(F)cc1. The van der Waals surface area contributed by atoms with Crippen molar-refractivity contribution in [2.75, 3.05) is 11.9 Å². The molecule has 0 aliphatic carbocycles. The van der Waals surface area contributed by atoms with Crippen LogP contribution in [0.4, 0.5) is 10.1 Å². The Kier molecular flexibility index (Phi) is 3.85. The van der Waals surface area contributed by atoms with Gasteiger partial charge in [0.1, 0.15) is 16.8 Å². The molecule has 0 bridgehead atoms. The van der Waals surface area contributed by atoms with Gasteiger partial charge in [0.2, 0.25) is 5.91 Å². The number of hydrogen-bond donors (Lipinski definition) is 2. The van der Waals surface area contributed by atoms with E-state index in [-0.39, 0.29) is 11.7 Å². The summed E-state index contributed by atoms with van der Waals surface area (Å²) >= 11 is 0. The summed E-state index contributed by atoms with van der Waals surface area (Å²) < 4.78 is 13.5. The Hall–Kier alpha value is -2.73. The average molecular weight is 368 g/mol. The van der Waals surface area contributed by atoms with Gasteiger partial charge in [-0.2, -0.15) is 0 Å². The van der Waals surface area contributed by atoms with Crippen LogP contribution in [0.1, 0.15) is 37.4 Å². The number of para-hydroxylation sites is 1. The van der Waals surface area contributed by atoms with Crippen molar-refractivity contribution in [3.05, 3.63) is 65.5 Å². The van der Waals surface area contributed by atoms with Gasteiger partial charge >= 0.3 is 0 Å². The van der Waals surface area contributed by atoms with Gasteiger partial charge in [0.15, 0.2) is 0 Å². The van der Waals surface area contributed by atoms with E-state index in [0.29, 0.717) is 18.5 Å². The predicted molar refractivity (Wildman–Crippen MR) is 98.5 cm³/mol. The molecule has 2 aromatic rings. The lowest BCUT2D eigenvalue weighted by atomic mass is 9.72. The molecule has 1 saturated heterocycles. The van der Waals surface area contributed by atoms with Crippen LogP contribution in [-0.4, -0.2) is 34.0 Å². The lowest BCUT2D eigenvalue weighted by Gasteiger charge is -2.36. The number of nitrogens with zero attached hydrogens (tertiary/aromatic N) is 1. The zero-order valence-corrected chi connectivity index (χ0v) is 15.2. The van der Waals surface area contributed by atoms with Gasteiger partial charge in [-0.3, -0.25) is 9.59 Å². The van der Waals surface area contributed by atoms with Crippen LogP contribution in [-0.2, 0) is 15.0 Å². The molecule has 0 saturated carbocycles. The lowest BCUT2D eigenvalue weighted by Crippen LogP contribution is -2.48. The van der Waals surface area contributed by atoms with E-state index in [1.807, 2.05) is 24.3 Å². The van der Waals surface area contributed by atoms with E-state index in [4.69, 9.17) is 0 Å². The van der Waals surface area contributed by atoms with Crippen molar-refractivity contribution in [1.82, 2.24) is 4.90 Å². The normalized spacial score (nSPS) is 24.2. The minimum absolute atomic E-state index is 0.177. The molecule has 1 spiro atoms. The van der Waals surface area contributed by atoms with Crippen molar-refractivity contribution >= 4 is 17.5 Å². The van der Waals surface area contributed by atoms with Gasteiger partial charge in [-0.15, -0.1) is 0 Å². The molecule has 1 fully saturated rings. The number of hydrogen-bond acceptors (Lipinski definition) is 3. The number of carbonyl (C=O) groups is 2. The van der Waals surface area contributed by atoms with Crippen molar-refractivity contribution in [2.24, 2.45) is 0 Å². The van der Waals surface area contributed by atoms with Crippen LogP contribution in [0.2, 0.25) is 0 Å². The first-order valence-electron chi connectivity index (χ1n) is 8.95. The Morgan fingerprint density at radius 1 is 1.22 bits per heavy atom. The molecule has 0 unspecified atom stereocenters. The molecule has 0 radical (unpaired) electrons. The molecule has 2 atom stereocenters. The van der Waals surface area contributed by atoms with Gasteiger partial charge in [-0.25, -0.2) is 4.39 Å². The van der Waals surface area contributed by atoms with Gasteiger partial charge in [0, 0.05) is 12.2 Å². The standard InChI is InChI=1S/C21H21FN2O3/c1-20(2,27)19(26)24-12-11-21(17(24)13-7-9-14(22)10-8-13)15-5-3-4-6-16(15)23-18(21)25/h3-10,17,27H,11-12H2,1-2H3,(H,23,25)/t17-,21+/m0/s1. The molecule has 140 valence electrons. The third-order valence-electron chi connectivity index (χ3n) is 5.56. The minimum Gasteiger partial charge on any atom is -0.381 e. The second kappa shape index (κ2) is 5.89. The predicted octanol–water partition coefficient (Wildman–Crippen LogP) is 2.76. The zero-order valence-electron chi connectivity index (χ0n) is 15.2. The first-order valence-corrected chi connectivity index (χ1v) is 8.95.